The molecule has 0 aliphatic rings. The first-order valence-corrected chi connectivity index (χ1v) is 10.8. The van der Waals surface area contributed by atoms with Gasteiger partial charge in [-0.05, 0) is 54.1 Å². The molecule has 31 heavy (non-hydrogen) atoms. The molecule has 0 amide bonds. The summed E-state index contributed by atoms with van der Waals surface area (Å²) >= 11 is 5.86. The normalized spacial score (nSPS) is 11.1. The summed E-state index contributed by atoms with van der Waals surface area (Å²) in [6.45, 7) is 0. The van der Waals surface area contributed by atoms with Crippen molar-refractivity contribution in [3.05, 3.63) is 53.8 Å². The number of hydrogen-bond acceptors (Lipinski definition) is 11. The third kappa shape index (κ3) is 8.22. The van der Waals surface area contributed by atoms with Crippen molar-refractivity contribution in [1.29, 1.82) is 0 Å². The molecule has 0 aliphatic heterocycles. The molecule has 3 aromatic rings. The minimum Gasteiger partial charge on any atom is -0.744 e. The molecule has 2 N–H and O–H groups in total. The Morgan fingerprint density at radius 1 is 0.710 bits per heavy atom. The number of rotatable bonds is 6. The van der Waals surface area contributed by atoms with Crippen molar-refractivity contribution in [3.63, 3.8) is 0 Å². The third-order valence-electron chi connectivity index (χ3n) is 3.39. The summed E-state index contributed by atoms with van der Waals surface area (Å²) in [5, 5.41) is 5.26. The molecule has 0 spiro atoms. The zero-order valence-electron chi connectivity index (χ0n) is 16.1. The molecule has 0 bridgehead atoms. The van der Waals surface area contributed by atoms with E-state index in [2.05, 4.69) is 25.6 Å². The van der Waals surface area contributed by atoms with E-state index in [1.807, 2.05) is 0 Å². The van der Waals surface area contributed by atoms with E-state index in [1.54, 1.807) is 0 Å². The van der Waals surface area contributed by atoms with Gasteiger partial charge in [0, 0.05) is 11.4 Å². The SMILES string of the molecule is O=S(=O)([O-])c1ccc(Nc2nc(Cl)nc(Nc3cccc(S(=O)(=O)[O-])c3)n2)cc1.[Na+].[Na+]. The Balaban J connectivity index is 0.00000240. The van der Waals surface area contributed by atoms with Gasteiger partial charge in [-0.1, -0.05) is 6.07 Å². The largest absolute Gasteiger partial charge is 1.00 e. The molecular formula is C15H10ClN5Na2O6S2. The molecule has 0 fully saturated rings. The number of aromatic nitrogens is 3. The van der Waals surface area contributed by atoms with Gasteiger partial charge in [0.15, 0.2) is 0 Å². The van der Waals surface area contributed by atoms with Gasteiger partial charge in [-0.15, -0.1) is 0 Å². The van der Waals surface area contributed by atoms with Gasteiger partial charge in [0.25, 0.3) is 0 Å². The summed E-state index contributed by atoms with van der Waals surface area (Å²) in [5.74, 6) is -0.0652. The maximum Gasteiger partial charge on any atom is 1.00 e. The van der Waals surface area contributed by atoms with Crippen molar-refractivity contribution in [3.8, 4) is 0 Å². The molecule has 0 saturated heterocycles. The van der Waals surface area contributed by atoms with Crippen LogP contribution < -0.4 is 69.7 Å². The number of hydrogen-bond donors (Lipinski definition) is 2. The Kier molecular flexibility index (Phi) is 10.3. The van der Waals surface area contributed by atoms with Gasteiger partial charge in [0.05, 0.1) is 9.79 Å². The molecule has 0 saturated carbocycles. The van der Waals surface area contributed by atoms with Crippen LogP contribution in [-0.4, -0.2) is 40.9 Å². The minimum absolute atomic E-state index is 0. The van der Waals surface area contributed by atoms with Crippen LogP contribution in [0.2, 0.25) is 5.28 Å². The quantitative estimate of drug-likeness (QED) is 0.247. The smallest absolute Gasteiger partial charge is 0.744 e. The number of halogens is 1. The fraction of sp³-hybridized carbons (Fsp3) is 0. The Hall–Kier alpha value is -0.840. The van der Waals surface area contributed by atoms with Gasteiger partial charge in [-0.25, -0.2) is 16.8 Å². The van der Waals surface area contributed by atoms with Crippen LogP contribution in [0.5, 0.6) is 0 Å². The van der Waals surface area contributed by atoms with E-state index in [9.17, 15) is 25.9 Å². The van der Waals surface area contributed by atoms with E-state index in [-0.39, 0.29) is 82.0 Å². The van der Waals surface area contributed by atoms with Crippen LogP contribution in [0.4, 0.5) is 23.3 Å². The predicted molar refractivity (Wildman–Crippen MR) is 100 cm³/mol. The molecule has 0 aliphatic carbocycles. The summed E-state index contributed by atoms with van der Waals surface area (Å²) in [6.07, 6.45) is 0. The molecule has 152 valence electrons. The van der Waals surface area contributed by atoms with Crippen LogP contribution in [0.15, 0.2) is 58.3 Å². The fourth-order valence-corrected chi connectivity index (χ4v) is 3.30. The monoisotopic (exact) mass is 501 g/mol. The first-order chi connectivity index (χ1) is 13.5. The molecule has 11 nitrogen and oxygen atoms in total. The van der Waals surface area contributed by atoms with E-state index in [4.69, 9.17) is 11.6 Å². The fourth-order valence-electron chi connectivity index (χ4n) is 2.15. The zero-order chi connectivity index (χ0) is 21.2. The van der Waals surface area contributed by atoms with Crippen LogP contribution in [0.25, 0.3) is 0 Å². The van der Waals surface area contributed by atoms with E-state index in [0.717, 1.165) is 24.3 Å². The third-order valence-corrected chi connectivity index (χ3v) is 5.24. The summed E-state index contributed by atoms with van der Waals surface area (Å²) in [4.78, 5) is 10.9. The first kappa shape index (κ1) is 28.2. The Labute approximate surface area is 227 Å². The standard InChI is InChI=1S/C15H12ClN5O6S2.2Na/c16-13-19-14(17-9-4-6-11(7-5-9)28(22,23)24)21-15(20-13)18-10-2-1-3-12(8-10)29(25,26)27;;/h1-8H,(H,22,23,24)(H,25,26,27)(H2,17,18,19,20,21);;/q;2*+1/p-2. The van der Waals surface area contributed by atoms with Crippen LogP contribution >= 0.6 is 11.6 Å². The minimum atomic E-state index is -4.64. The zero-order valence-corrected chi connectivity index (χ0v) is 22.5. The van der Waals surface area contributed by atoms with Crippen molar-refractivity contribution in [2.75, 3.05) is 10.6 Å². The molecule has 1 aromatic heterocycles. The summed E-state index contributed by atoms with van der Waals surface area (Å²) in [7, 11) is -9.21. The number of anilines is 4. The maximum atomic E-state index is 11.1. The maximum absolute atomic E-state index is 11.1. The van der Waals surface area contributed by atoms with Gasteiger partial charge in [-0.3, -0.25) is 0 Å². The second kappa shape index (κ2) is 11.3. The van der Waals surface area contributed by atoms with Crippen molar-refractivity contribution < 1.29 is 85.1 Å². The van der Waals surface area contributed by atoms with Crippen LogP contribution in [0, 0.1) is 0 Å². The van der Waals surface area contributed by atoms with Crippen molar-refractivity contribution >= 4 is 55.1 Å². The first-order valence-electron chi connectivity index (χ1n) is 7.58. The molecule has 0 atom stereocenters. The number of nitrogens with zero attached hydrogens (tertiary/aromatic N) is 3. The van der Waals surface area contributed by atoms with Crippen LogP contribution in [-0.2, 0) is 20.2 Å². The van der Waals surface area contributed by atoms with Crippen LogP contribution in [0.3, 0.4) is 0 Å². The van der Waals surface area contributed by atoms with Crippen molar-refractivity contribution in [2.24, 2.45) is 0 Å². The average molecular weight is 502 g/mol. The van der Waals surface area contributed by atoms with Crippen molar-refractivity contribution in [2.45, 2.75) is 9.79 Å². The number of nitrogens with one attached hydrogen (secondary N) is 2. The van der Waals surface area contributed by atoms with Crippen LogP contribution in [0.1, 0.15) is 0 Å². The molecule has 2 aromatic carbocycles. The summed E-state index contributed by atoms with van der Waals surface area (Å²) in [6, 6.07) is 9.99. The van der Waals surface area contributed by atoms with E-state index in [1.165, 1.54) is 24.3 Å². The molecule has 0 radical (unpaired) electrons. The molecule has 3 rings (SSSR count). The Morgan fingerprint density at radius 2 is 1.23 bits per heavy atom. The number of benzene rings is 2. The van der Waals surface area contributed by atoms with E-state index < -0.39 is 30.0 Å². The summed E-state index contributed by atoms with van der Waals surface area (Å²) < 4.78 is 66.2. The van der Waals surface area contributed by atoms with Gasteiger partial charge in [0.1, 0.15) is 20.2 Å². The average Bonchev–Trinajstić information content (AvgIpc) is 2.60. The molecular weight excluding hydrogens is 492 g/mol. The van der Waals surface area contributed by atoms with Gasteiger partial charge in [-0.2, -0.15) is 15.0 Å². The topological polar surface area (TPSA) is 177 Å². The van der Waals surface area contributed by atoms with Gasteiger partial charge >= 0.3 is 59.1 Å². The van der Waals surface area contributed by atoms with Crippen molar-refractivity contribution in [1.82, 2.24) is 15.0 Å². The second-order valence-electron chi connectivity index (χ2n) is 5.46. The molecule has 0 unspecified atom stereocenters. The second-order valence-corrected chi connectivity index (χ2v) is 8.56. The predicted octanol–water partition coefficient (Wildman–Crippen LogP) is -4.17. The van der Waals surface area contributed by atoms with Gasteiger partial charge in [0.2, 0.25) is 17.2 Å². The molecule has 16 heteroatoms. The molecule has 1 heterocycles. The Morgan fingerprint density at radius 3 is 1.74 bits per heavy atom. The van der Waals surface area contributed by atoms with Gasteiger partial charge < -0.3 is 19.7 Å². The van der Waals surface area contributed by atoms with E-state index in [0.29, 0.717) is 5.69 Å². The van der Waals surface area contributed by atoms with E-state index >= 15 is 0 Å². The summed E-state index contributed by atoms with van der Waals surface area (Å²) in [5.41, 5.74) is 0.588. The Bertz CT molecular complexity index is 1280.